The smallest absolute Gasteiger partial charge is 0.427 e. The molecule has 0 aromatic carbocycles. The fraction of sp³-hybridized carbons (Fsp3) is 1.00. The van der Waals surface area contributed by atoms with Crippen molar-refractivity contribution in [2.75, 3.05) is 0 Å². The maximum absolute atomic E-state index is 9.42. The van der Waals surface area contributed by atoms with E-state index in [1.165, 1.54) is 83.5 Å². The van der Waals surface area contributed by atoms with Gasteiger partial charge >= 0.3 is 7.12 Å². The van der Waals surface area contributed by atoms with Gasteiger partial charge in [0, 0.05) is 0 Å². The van der Waals surface area contributed by atoms with Gasteiger partial charge in [-0.05, 0) is 5.82 Å². The van der Waals surface area contributed by atoms with Crippen LogP contribution in [0, 0.1) is 0 Å². The lowest BCUT2D eigenvalue weighted by atomic mass is 9.67. The summed E-state index contributed by atoms with van der Waals surface area (Å²) < 4.78 is 0. The summed E-state index contributed by atoms with van der Waals surface area (Å²) in [7, 11) is -1.10. The molecule has 1 aliphatic carbocycles. The summed E-state index contributed by atoms with van der Waals surface area (Å²) in [5, 5.41) is 18.8. The minimum atomic E-state index is -1.10. The lowest BCUT2D eigenvalue weighted by molar-refractivity contribution is 0.364. The van der Waals surface area contributed by atoms with Gasteiger partial charge in [0.05, 0.1) is 0 Å². The molecule has 0 bridgehead atoms. The second-order valence-electron chi connectivity index (χ2n) is 6.35. The van der Waals surface area contributed by atoms with Crippen LogP contribution in [-0.2, 0) is 0 Å². The second kappa shape index (κ2) is 11.8. The Hall–Kier alpha value is -0.0151. The van der Waals surface area contributed by atoms with Gasteiger partial charge in [-0.1, -0.05) is 96.3 Å². The van der Waals surface area contributed by atoms with Gasteiger partial charge in [-0.2, -0.15) is 0 Å². The molecule has 0 spiro atoms. The lowest BCUT2D eigenvalue weighted by Crippen LogP contribution is -2.20. The highest BCUT2D eigenvalue weighted by Gasteiger charge is 2.21. The van der Waals surface area contributed by atoms with Crippen molar-refractivity contribution < 1.29 is 10.0 Å². The SMILES string of the molecule is OB(O)C1CCCCCCCCCCCCCCC1. The molecule has 2 N–H and O–H groups in total. The molecule has 1 aliphatic rings. The Bertz CT molecular complexity index is 181. The van der Waals surface area contributed by atoms with Gasteiger partial charge in [0.25, 0.3) is 0 Å². The van der Waals surface area contributed by atoms with E-state index < -0.39 is 7.12 Å². The van der Waals surface area contributed by atoms with Gasteiger partial charge in [0.15, 0.2) is 0 Å². The minimum Gasteiger partial charge on any atom is -0.427 e. The van der Waals surface area contributed by atoms with Crippen molar-refractivity contribution in [2.24, 2.45) is 0 Å². The molecule has 1 fully saturated rings. The average Bonchev–Trinajstić information content (AvgIpc) is 2.38. The van der Waals surface area contributed by atoms with Gasteiger partial charge < -0.3 is 10.0 Å². The Labute approximate surface area is 120 Å². The summed E-state index contributed by atoms with van der Waals surface area (Å²) in [6.07, 6.45) is 19.3. The van der Waals surface area contributed by atoms with E-state index in [1.807, 2.05) is 0 Å². The summed E-state index contributed by atoms with van der Waals surface area (Å²) in [4.78, 5) is 0. The zero-order valence-corrected chi connectivity index (χ0v) is 12.7. The molecule has 0 aliphatic heterocycles. The summed E-state index contributed by atoms with van der Waals surface area (Å²) in [5.41, 5.74) is 0. The third kappa shape index (κ3) is 9.51. The predicted octanol–water partition coefficient (Wildman–Crippen LogP) is 4.69. The first-order chi connectivity index (χ1) is 9.30. The van der Waals surface area contributed by atoms with Crippen LogP contribution in [0.1, 0.15) is 96.3 Å². The molecule has 0 amide bonds. The highest BCUT2D eigenvalue weighted by Crippen LogP contribution is 2.25. The molecule has 0 saturated heterocycles. The molecule has 0 aromatic heterocycles. The number of hydrogen-bond acceptors (Lipinski definition) is 2. The quantitative estimate of drug-likeness (QED) is 0.677. The molecule has 0 radical (unpaired) electrons. The van der Waals surface area contributed by atoms with Crippen LogP contribution in [0.5, 0.6) is 0 Å². The summed E-state index contributed by atoms with van der Waals surface area (Å²) in [6, 6.07) is 0. The molecule has 0 aromatic rings. The fourth-order valence-corrected chi connectivity index (χ4v) is 3.20. The van der Waals surface area contributed by atoms with Crippen LogP contribution in [0.3, 0.4) is 0 Å². The van der Waals surface area contributed by atoms with E-state index in [0.717, 1.165) is 12.8 Å². The molecule has 3 heteroatoms. The van der Waals surface area contributed by atoms with Gasteiger partial charge in [-0.15, -0.1) is 0 Å². The van der Waals surface area contributed by atoms with Crippen molar-refractivity contribution in [1.82, 2.24) is 0 Å². The highest BCUT2D eigenvalue weighted by molar-refractivity contribution is 6.43. The number of rotatable bonds is 1. The third-order valence-electron chi connectivity index (χ3n) is 4.57. The van der Waals surface area contributed by atoms with Crippen LogP contribution >= 0.6 is 0 Å². The van der Waals surface area contributed by atoms with E-state index >= 15 is 0 Å². The molecule has 1 saturated carbocycles. The first kappa shape index (κ1) is 17.0. The van der Waals surface area contributed by atoms with Crippen molar-refractivity contribution in [3.8, 4) is 0 Å². The van der Waals surface area contributed by atoms with E-state index in [9.17, 15) is 10.0 Å². The largest absolute Gasteiger partial charge is 0.454 e. The topological polar surface area (TPSA) is 40.5 Å². The lowest BCUT2D eigenvalue weighted by Gasteiger charge is -2.15. The Morgan fingerprint density at radius 1 is 0.474 bits per heavy atom. The first-order valence-corrected chi connectivity index (χ1v) is 8.67. The summed E-state index contributed by atoms with van der Waals surface area (Å²) >= 11 is 0. The summed E-state index contributed by atoms with van der Waals surface area (Å²) in [5.74, 6) is 0.118. The second-order valence-corrected chi connectivity index (χ2v) is 6.35. The Kier molecular flexibility index (Phi) is 10.6. The molecule has 0 atom stereocenters. The molecule has 112 valence electrons. The van der Waals surface area contributed by atoms with Crippen LogP contribution in [0.15, 0.2) is 0 Å². The van der Waals surface area contributed by atoms with Crippen molar-refractivity contribution in [2.45, 2.75) is 102 Å². The van der Waals surface area contributed by atoms with E-state index in [1.54, 1.807) is 0 Å². The molecule has 1 rings (SSSR count). The highest BCUT2D eigenvalue weighted by atomic mass is 16.4. The van der Waals surface area contributed by atoms with Crippen molar-refractivity contribution in [3.63, 3.8) is 0 Å². The molecular weight excluding hydrogens is 235 g/mol. The van der Waals surface area contributed by atoms with Crippen LogP contribution in [0.2, 0.25) is 5.82 Å². The van der Waals surface area contributed by atoms with Crippen molar-refractivity contribution in [1.29, 1.82) is 0 Å². The average molecular weight is 268 g/mol. The van der Waals surface area contributed by atoms with Gasteiger partial charge in [-0.25, -0.2) is 0 Å². The van der Waals surface area contributed by atoms with Crippen molar-refractivity contribution >= 4 is 7.12 Å². The van der Waals surface area contributed by atoms with E-state index in [2.05, 4.69) is 0 Å². The normalized spacial score (nSPS) is 23.1. The maximum atomic E-state index is 9.42. The van der Waals surface area contributed by atoms with Crippen molar-refractivity contribution in [3.05, 3.63) is 0 Å². The molecule has 2 nitrogen and oxygen atoms in total. The Morgan fingerprint density at radius 2 is 0.737 bits per heavy atom. The van der Waals surface area contributed by atoms with Gasteiger partial charge in [0.2, 0.25) is 0 Å². The van der Waals surface area contributed by atoms with E-state index in [4.69, 9.17) is 0 Å². The zero-order valence-electron chi connectivity index (χ0n) is 12.7. The molecule has 0 heterocycles. The predicted molar refractivity (Wildman–Crippen MR) is 83.2 cm³/mol. The van der Waals surface area contributed by atoms with E-state index in [0.29, 0.717) is 0 Å². The van der Waals surface area contributed by atoms with Crippen LogP contribution in [0.4, 0.5) is 0 Å². The number of hydrogen-bond donors (Lipinski definition) is 2. The van der Waals surface area contributed by atoms with Crippen LogP contribution < -0.4 is 0 Å². The first-order valence-electron chi connectivity index (χ1n) is 8.67. The third-order valence-corrected chi connectivity index (χ3v) is 4.57. The Balaban J connectivity index is 2.23. The monoisotopic (exact) mass is 268 g/mol. The zero-order chi connectivity index (χ0) is 13.8. The summed E-state index contributed by atoms with van der Waals surface area (Å²) in [6.45, 7) is 0. The molecule has 19 heavy (non-hydrogen) atoms. The molecular formula is C16H33BO2. The van der Waals surface area contributed by atoms with Crippen LogP contribution in [-0.4, -0.2) is 17.2 Å². The molecule has 0 unspecified atom stereocenters. The standard InChI is InChI=1S/C16H33BO2/c18-17(19)16-14-12-10-8-6-4-2-1-3-5-7-9-11-13-15-16/h16,18-19H,1-15H2. The van der Waals surface area contributed by atoms with Gasteiger partial charge in [0.1, 0.15) is 0 Å². The van der Waals surface area contributed by atoms with E-state index in [-0.39, 0.29) is 5.82 Å². The fourth-order valence-electron chi connectivity index (χ4n) is 3.20. The maximum Gasteiger partial charge on any atom is 0.454 e. The minimum absolute atomic E-state index is 0.118. The van der Waals surface area contributed by atoms with Crippen LogP contribution in [0.25, 0.3) is 0 Å². The van der Waals surface area contributed by atoms with Gasteiger partial charge in [-0.3, -0.25) is 0 Å². The Morgan fingerprint density at radius 3 is 1.00 bits per heavy atom.